The lowest BCUT2D eigenvalue weighted by Gasteiger charge is -2.02. The molecule has 0 unspecified atom stereocenters. The van der Waals surface area contributed by atoms with E-state index in [2.05, 4.69) is 0 Å². The van der Waals surface area contributed by atoms with E-state index in [0.29, 0.717) is 10.6 Å². The highest BCUT2D eigenvalue weighted by atomic mass is 35.5. The minimum Gasteiger partial charge on any atom is -0.324 e. The zero-order valence-electron chi connectivity index (χ0n) is 6.80. The number of benzene rings is 1. The monoisotopic (exact) mass is 183 g/mol. The summed E-state index contributed by atoms with van der Waals surface area (Å²) in [5.41, 5.74) is 6.76. The van der Waals surface area contributed by atoms with Gasteiger partial charge in [-0.3, -0.25) is 4.79 Å². The van der Waals surface area contributed by atoms with E-state index < -0.39 is 0 Å². The van der Waals surface area contributed by atoms with Gasteiger partial charge in [-0.2, -0.15) is 0 Å². The second-order valence-electron chi connectivity index (χ2n) is 2.59. The van der Waals surface area contributed by atoms with Crippen molar-refractivity contribution in [1.82, 2.24) is 0 Å². The number of carbonyl (C=O) groups is 1. The summed E-state index contributed by atoms with van der Waals surface area (Å²) < 4.78 is 0. The van der Waals surface area contributed by atoms with Crippen molar-refractivity contribution >= 4 is 17.4 Å². The Hall–Kier alpha value is -0.860. The first-order chi connectivity index (χ1) is 5.65. The van der Waals surface area contributed by atoms with E-state index in [1.54, 1.807) is 18.2 Å². The third kappa shape index (κ3) is 1.84. The molecule has 0 radical (unpaired) electrons. The van der Waals surface area contributed by atoms with Crippen LogP contribution in [-0.2, 0) is 0 Å². The smallest absolute Gasteiger partial charge is 0.176 e. The predicted octanol–water partition coefficient (Wildman–Crippen LogP) is 1.79. The maximum atomic E-state index is 11.2. The number of rotatable bonds is 2. The lowest BCUT2D eigenvalue weighted by Crippen LogP contribution is -2.14. The number of aryl methyl sites for hydroxylation is 1. The standard InChI is InChI=1S/C9H10ClNO/c1-6-4-7(10)2-3-8(6)9(12)5-11/h2-4H,5,11H2,1H3. The van der Waals surface area contributed by atoms with Gasteiger partial charge in [-0.1, -0.05) is 11.6 Å². The second kappa shape index (κ2) is 3.70. The molecule has 0 atom stereocenters. The molecule has 12 heavy (non-hydrogen) atoms. The molecule has 64 valence electrons. The Balaban J connectivity index is 3.09. The second-order valence-corrected chi connectivity index (χ2v) is 3.02. The van der Waals surface area contributed by atoms with Crippen LogP contribution in [0.2, 0.25) is 5.02 Å². The highest BCUT2D eigenvalue weighted by Gasteiger charge is 2.06. The number of nitrogens with two attached hydrogens (primary N) is 1. The largest absolute Gasteiger partial charge is 0.324 e. The van der Waals surface area contributed by atoms with Crippen LogP contribution in [0, 0.1) is 6.92 Å². The molecule has 1 aromatic rings. The van der Waals surface area contributed by atoms with Crippen LogP contribution >= 0.6 is 11.6 Å². The van der Waals surface area contributed by atoms with Crippen LogP contribution in [0.4, 0.5) is 0 Å². The SMILES string of the molecule is Cc1cc(Cl)ccc1C(=O)CN. The molecule has 1 rings (SSSR count). The van der Waals surface area contributed by atoms with E-state index in [4.69, 9.17) is 17.3 Å². The molecule has 0 aliphatic rings. The average Bonchev–Trinajstić information content (AvgIpc) is 2.03. The summed E-state index contributed by atoms with van der Waals surface area (Å²) in [4.78, 5) is 11.2. The number of Topliss-reactive ketones (excluding diaryl/α,β-unsaturated/α-hetero) is 1. The third-order valence-corrected chi connectivity index (χ3v) is 1.91. The van der Waals surface area contributed by atoms with Gasteiger partial charge in [0.2, 0.25) is 0 Å². The number of ketones is 1. The first-order valence-electron chi connectivity index (χ1n) is 3.64. The van der Waals surface area contributed by atoms with Crippen molar-refractivity contribution < 1.29 is 4.79 Å². The lowest BCUT2D eigenvalue weighted by atomic mass is 10.1. The number of carbonyl (C=O) groups excluding carboxylic acids is 1. The molecular formula is C9H10ClNO. The van der Waals surface area contributed by atoms with Crippen LogP contribution < -0.4 is 5.73 Å². The van der Waals surface area contributed by atoms with Crippen molar-refractivity contribution in [3.63, 3.8) is 0 Å². The molecule has 3 heteroatoms. The fraction of sp³-hybridized carbons (Fsp3) is 0.222. The third-order valence-electron chi connectivity index (χ3n) is 1.67. The van der Waals surface area contributed by atoms with E-state index in [-0.39, 0.29) is 12.3 Å². The first-order valence-corrected chi connectivity index (χ1v) is 4.02. The fourth-order valence-electron chi connectivity index (χ4n) is 1.05. The first kappa shape index (κ1) is 9.23. The lowest BCUT2D eigenvalue weighted by molar-refractivity contribution is 0.100. The van der Waals surface area contributed by atoms with Crippen molar-refractivity contribution in [2.75, 3.05) is 6.54 Å². The number of halogens is 1. The highest BCUT2D eigenvalue weighted by molar-refractivity contribution is 6.30. The molecule has 0 amide bonds. The normalized spacial score (nSPS) is 9.92. The van der Waals surface area contributed by atoms with Crippen LogP contribution in [0.25, 0.3) is 0 Å². The Bertz CT molecular complexity index is 309. The summed E-state index contributed by atoms with van der Waals surface area (Å²) in [6.45, 7) is 1.89. The minimum absolute atomic E-state index is 0.0441. The van der Waals surface area contributed by atoms with E-state index in [1.807, 2.05) is 6.92 Å². The van der Waals surface area contributed by atoms with Gasteiger partial charge in [-0.05, 0) is 30.7 Å². The molecule has 0 saturated heterocycles. The van der Waals surface area contributed by atoms with Crippen molar-refractivity contribution in [3.05, 3.63) is 34.3 Å². The van der Waals surface area contributed by atoms with E-state index in [0.717, 1.165) is 5.56 Å². The van der Waals surface area contributed by atoms with Crippen molar-refractivity contribution in [3.8, 4) is 0 Å². The number of hydrogen-bond donors (Lipinski definition) is 1. The van der Waals surface area contributed by atoms with Gasteiger partial charge in [0.25, 0.3) is 0 Å². The summed E-state index contributed by atoms with van der Waals surface area (Å²) in [5, 5.41) is 0.640. The molecule has 2 N–H and O–H groups in total. The van der Waals surface area contributed by atoms with Crippen molar-refractivity contribution in [2.45, 2.75) is 6.92 Å². The molecule has 0 heterocycles. The molecule has 0 aliphatic carbocycles. The van der Waals surface area contributed by atoms with Gasteiger partial charge >= 0.3 is 0 Å². The van der Waals surface area contributed by atoms with E-state index >= 15 is 0 Å². The molecule has 0 aromatic heterocycles. The van der Waals surface area contributed by atoms with Gasteiger partial charge < -0.3 is 5.73 Å². The zero-order chi connectivity index (χ0) is 9.14. The van der Waals surface area contributed by atoms with Crippen LogP contribution in [0.5, 0.6) is 0 Å². The molecule has 2 nitrogen and oxygen atoms in total. The molecule has 0 saturated carbocycles. The molecule has 0 spiro atoms. The topological polar surface area (TPSA) is 43.1 Å². The van der Waals surface area contributed by atoms with Gasteiger partial charge in [0.1, 0.15) is 0 Å². The van der Waals surface area contributed by atoms with Crippen LogP contribution in [-0.4, -0.2) is 12.3 Å². The van der Waals surface area contributed by atoms with Gasteiger partial charge in [-0.25, -0.2) is 0 Å². The Labute approximate surface area is 76.3 Å². The molecular weight excluding hydrogens is 174 g/mol. The number of hydrogen-bond acceptors (Lipinski definition) is 2. The minimum atomic E-state index is -0.0517. The molecule has 0 fully saturated rings. The predicted molar refractivity (Wildman–Crippen MR) is 49.6 cm³/mol. The summed E-state index contributed by atoms with van der Waals surface area (Å²) in [5.74, 6) is -0.0517. The van der Waals surface area contributed by atoms with E-state index in [1.165, 1.54) is 0 Å². The van der Waals surface area contributed by atoms with Crippen molar-refractivity contribution in [2.24, 2.45) is 5.73 Å². The average molecular weight is 184 g/mol. The van der Waals surface area contributed by atoms with Crippen LogP contribution in [0.3, 0.4) is 0 Å². The Kier molecular flexibility index (Phi) is 2.84. The zero-order valence-corrected chi connectivity index (χ0v) is 7.56. The summed E-state index contributed by atoms with van der Waals surface area (Å²) in [7, 11) is 0. The molecule has 1 aromatic carbocycles. The summed E-state index contributed by atoms with van der Waals surface area (Å²) in [6, 6.07) is 5.15. The highest BCUT2D eigenvalue weighted by Crippen LogP contribution is 2.15. The quantitative estimate of drug-likeness (QED) is 0.711. The van der Waals surface area contributed by atoms with Gasteiger partial charge in [-0.15, -0.1) is 0 Å². The van der Waals surface area contributed by atoms with Gasteiger partial charge in [0, 0.05) is 10.6 Å². The Morgan fingerprint density at radius 1 is 1.58 bits per heavy atom. The maximum absolute atomic E-state index is 11.2. The van der Waals surface area contributed by atoms with E-state index in [9.17, 15) is 4.79 Å². The molecule has 0 aliphatic heterocycles. The Morgan fingerprint density at radius 3 is 2.75 bits per heavy atom. The van der Waals surface area contributed by atoms with Gasteiger partial charge in [0.05, 0.1) is 6.54 Å². The van der Waals surface area contributed by atoms with Crippen LogP contribution in [0.15, 0.2) is 18.2 Å². The summed E-state index contributed by atoms with van der Waals surface area (Å²) in [6.07, 6.45) is 0. The van der Waals surface area contributed by atoms with Crippen LogP contribution in [0.1, 0.15) is 15.9 Å². The van der Waals surface area contributed by atoms with Crippen molar-refractivity contribution in [1.29, 1.82) is 0 Å². The Morgan fingerprint density at radius 2 is 2.25 bits per heavy atom. The fourth-order valence-corrected chi connectivity index (χ4v) is 1.28. The van der Waals surface area contributed by atoms with Gasteiger partial charge in [0.15, 0.2) is 5.78 Å². The molecule has 0 bridgehead atoms. The maximum Gasteiger partial charge on any atom is 0.176 e. The summed E-state index contributed by atoms with van der Waals surface area (Å²) >= 11 is 5.72.